The molecule has 0 spiro atoms. The van der Waals surface area contributed by atoms with Crippen LogP contribution < -0.4 is 10.1 Å². The fourth-order valence-electron chi connectivity index (χ4n) is 2.23. The van der Waals surface area contributed by atoms with Crippen molar-refractivity contribution in [2.45, 2.75) is 6.92 Å². The number of hydrogen-bond donors (Lipinski definition) is 1. The van der Waals surface area contributed by atoms with Gasteiger partial charge in [-0.15, -0.1) is 0 Å². The Balaban J connectivity index is 1.77. The minimum absolute atomic E-state index is 0.256. The SMILES string of the molecule is Cc1cc(Oc2ncccn2)ccc1NC(=O)c1cc(Cl)c(Cl)n1C. The van der Waals surface area contributed by atoms with Gasteiger partial charge in [-0.1, -0.05) is 23.2 Å². The molecular weight excluding hydrogens is 363 g/mol. The van der Waals surface area contributed by atoms with E-state index < -0.39 is 0 Å². The molecule has 0 aliphatic carbocycles. The van der Waals surface area contributed by atoms with Crippen LogP contribution in [0.4, 0.5) is 5.69 Å². The first-order chi connectivity index (χ1) is 12.0. The highest BCUT2D eigenvalue weighted by Crippen LogP contribution is 2.27. The largest absolute Gasteiger partial charge is 0.424 e. The van der Waals surface area contributed by atoms with Gasteiger partial charge in [-0.2, -0.15) is 0 Å². The van der Waals surface area contributed by atoms with Gasteiger partial charge in [-0.05, 0) is 42.8 Å². The van der Waals surface area contributed by atoms with Crippen LogP contribution in [0.3, 0.4) is 0 Å². The lowest BCUT2D eigenvalue weighted by Gasteiger charge is -2.11. The summed E-state index contributed by atoms with van der Waals surface area (Å²) in [4.78, 5) is 20.4. The Kier molecular flexibility index (Phi) is 4.92. The summed E-state index contributed by atoms with van der Waals surface area (Å²) in [5, 5.41) is 3.48. The van der Waals surface area contributed by atoms with Crippen LogP contribution >= 0.6 is 23.2 Å². The number of rotatable bonds is 4. The number of aromatic nitrogens is 3. The van der Waals surface area contributed by atoms with Crippen molar-refractivity contribution >= 4 is 34.8 Å². The van der Waals surface area contributed by atoms with Crippen molar-refractivity contribution < 1.29 is 9.53 Å². The van der Waals surface area contributed by atoms with Crippen molar-refractivity contribution in [3.63, 3.8) is 0 Å². The second kappa shape index (κ2) is 7.13. The number of hydrogen-bond acceptors (Lipinski definition) is 4. The Morgan fingerprint density at radius 1 is 1.20 bits per heavy atom. The van der Waals surface area contributed by atoms with E-state index in [1.54, 1.807) is 43.7 Å². The Labute approximate surface area is 154 Å². The number of nitrogens with one attached hydrogen (secondary N) is 1. The van der Waals surface area contributed by atoms with Crippen LogP contribution in [0.15, 0.2) is 42.7 Å². The molecule has 1 aromatic carbocycles. The third-order valence-electron chi connectivity index (χ3n) is 3.55. The van der Waals surface area contributed by atoms with E-state index >= 15 is 0 Å². The fraction of sp³-hybridized carbons (Fsp3) is 0.118. The average Bonchev–Trinajstić information content (AvgIpc) is 2.86. The van der Waals surface area contributed by atoms with Gasteiger partial charge in [0.05, 0.1) is 5.02 Å². The van der Waals surface area contributed by atoms with E-state index in [0.717, 1.165) is 5.56 Å². The van der Waals surface area contributed by atoms with Crippen molar-refractivity contribution in [3.8, 4) is 11.8 Å². The standard InChI is InChI=1S/C17H14Cl2N4O2/c1-10-8-11(25-17-20-6-3-7-21-17)4-5-13(10)22-16(24)14-9-12(18)15(19)23(14)2/h3-9H,1-2H3,(H,22,24). The number of nitrogens with zero attached hydrogens (tertiary/aromatic N) is 3. The van der Waals surface area contributed by atoms with Gasteiger partial charge in [0.25, 0.3) is 5.91 Å². The molecule has 0 unspecified atom stereocenters. The number of anilines is 1. The van der Waals surface area contributed by atoms with E-state index in [9.17, 15) is 4.79 Å². The summed E-state index contributed by atoms with van der Waals surface area (Å²) in [5.74, 6) is 0.270. The number of benzene rings is 1. The number of carbonyl (C=O) groups excluding carboxylic acids is 1. The Morgan fingerprint density at radius 2 is 1.92 bits per heavy atom. The van der Waals surface area contributed by atoms with Crippen molar-refractivity contribution in [3.05, 3.63) is 64.2 Å². The van der Waals surface area contributed by atoms with Crippen molar-refractivity contribution in [2.75, 3.05) is 5.32 Å². The van der Waals surface area contributed by atoms with Crippen LogP contribution in [0.1, 0.15) is 16.1 Å². The zero-order valence-corrected chi connectivity index (χ0v) is 15.0. The lowest BCUT2D eigenvalue weighted by Crippen LogP contribution is -2.16. The summed E-state index contributed by atoms with van der Waals surface area (Å²) in [6, 6.07) is 8.75. The first-order valence-corrected chi connectivity index (χ1v) is 8.09. The average molecular weight is 377 g/mol. The van der Waals surface area contributed by atoms with Crippen molar-refractivity contribution in [1.29, 1.82) is 0 Å². The van der Waals surface area contributed by atoms with E-state index in [0.29, 0.717) is 27.3 Å². The normalized spacial score (nSPS) is 10.6. The van der Waals surface area contributed by atoms with Gasteiger partial charge in [-0.25, -0.2) is 9.97 Å². The first-order valence-electron chi connectivity index (χ1n) is 7.33. The zero-order valence-electron chi connectivity index (χ0n) is 13.5. The molecule has 0 atom stereocenters. The van der Waals surface area contributed by atoms with E-state index in [-0.39, 0.29) is 11.9 Å². The number of aryl methyl sites for hydroxylation is 1. The molecule has 3 rings (SSSR count). The molecule has 1 N–H and O–H groups in total. The van der Waals surface area contributed by atoms with Gasteiger partial charge in [0.2, 0.25) is 0 Å². The third-order valence-corrected chi connectivity index (χ3v) is 4.39. The number of ether oxygens (including phenoxy) is 1. The van der Waals surface area contributed by atoms with Gasteiger partial charge in [0, 0.05) is 25.1 Å². The molecule has 2 aromatic heterocycles. The summed E-state index contributed by atoms with van der Waals surface area (Å²) in [5.41, 5.74) is 1.85. The van der Waals surface area contributed by atoms with E-state index in [4.69, 9.17) is 27.9 Å². The molecule has 2 heterocycles. The van der Waals surface area contributed by atoms with Crippen LogP contribution in [0.25, 0.3) is 0 Å². The van der Waals surface area contributed by atoms with Crippen LogP contribution in [0.2, 0.25) is 10.2 Å². The Morgan fingerprint density at radius 3 is 2.52 bits per heavy atom. The molecule has 0 saturated heterocycles. The molecule has 0 fully saturated rings. The van der Waals surface area contributed by atoms with Crippen LogP contribution in [0.5, 0.6) is 11.8 Å². The molecular formula is C17H14Cl2N4O2. The van der Waals surface area contributed by atoms with Gasteiger partial charge < -0.3 is 14.6 Å². The maximum Gasteiger partial charge on any atom is 0.321 e. The molecule has 0 saturated carbocycles. The van der Waals surface area contributed by atoms with Crippen molar-refractivity contribution in [2.24, 2.45) is 7.05 Å². The maximum absolute atomic E-state index is 12.4. The molecule has 0 aliphatic heterocycles. The monoisotopic (exact) mass is 376 g/mol. The molecule has 0 aliphatic rings. The predicted octanol–water partition coefficient (Wildman–Crippen LogP) is 4.47. The highest BCUT2D eigenvalue weighted by Gasteiger charge is 2.16. The molecule has 1 amide bonds. The van der Waals surface area contributed by atoms with Crippen molar-refractivity contribution in [1.82, 2.24) is 14.5 Å². The van der Waals surface area contributed by atoms with E-state index in [1.165, 1.54) is 10.6 Å². The number of amides is 1. The number of carbonyl (C=O) groups is 1. The molecule has 25 heavy (non-hydrogen) atoms. The summed E-state index contributed by atoms with van der Waals surface area (Å²) in [6.45, 7) is 1.86. The number of halogens is 2. The second-order valence-electron chi connectivity index (χ2n) is 5.29. The van der Waals surface area contributed by atoms with Crippen LogP contribution in [-0.2, 0) is 7.05 Å². The molecule has 8 heteroatoms. The first kappa shape index (κ1) is 17.3. The van der Waals surface area contributed by atoms with Gasteiger partial charge in [-0.3, -0.25) is 4.79 Å². The van der Waals surface area contributed by atoms with Crippen LogP contribution in [-0.4, -0.2) is 20.4 Å². The predicted molar refractivity (Wildman–Crippen MR) is 96.7 cm³/mol. The minimum atomic E-state index is -0.306. The smallest absolute Gasteiger partial charge is 0.321 e. The Bertz CT molecular complexity index is 926. The van der Waals surface area contributed by atoms with E-state index in [1.807, 2.05) is 6.92 Å². The quantitative estimate of drug-likeness (QED) is 0.728. The maximum atomic E-state index is 12.4. The minimum Gasteiger partial charge on any atom is -0.424 e. The topological polar surface area (TPSA) is 69.0 Å². The highest BCUT2D eigenvalue weighted by atomic mass is 35.5. The molecule has 6 nitrogen and oxygen atoms in total. The van der Waals surface area contributed by atoms with Gasteiger partial charge in [0.1, 0.15) is 16.6 Å². The second-order valence-corrected chi connectivity index (χ2v) is 6.06. The van der Waals surface area contributed by atoms with Gasteiger partial charge >= 0.3 is 6.01 Å². The molecule has 128 valence electrons. The molecule has 0 radical (unpaired) electrons. The lowest BCUT2D eigenvalue weighted by molar-refractivity contribution is 0.101. The summed E-state index contributed by atoms with van der Waals surface area (Å²) in [7, 11) is 1.67. The summed E-state index contributed by atoms with van der Waals surface area (Å²) < 4.78 is 7.09. The fourth-order valence-corrected chi connectivity index (χ4v) is 2.61. The summed E-state index contributed by atoms with van der Waals surface area (Å²) >= 11 is 11.9. The van der Waals surface area contributed by atoms with Gasteiger partial charge in [0.15, 0.2) is 0 Å². The highest BCUT2D eigenvalue weighted by molar-refractivity contribution is 6.42. The Hall–Kier alpha value is -2.57. The van der Waals surface area contributed by atoms with Crippen LogP contribution in [0, 0.1) is 6.92 Å². The molecule has 3 aromatic rings. The van der Waals surface area contributed by atoms with E-state index in [2.05, 4.69) is 15.3 Å². The molecule has 0 bridgehead atoms. The summed E-state index contributed by atoms with van der Waals surface area (Å²) in [6.07, 6.45) is 3.19. The third kappa shape index (κ3) is 3.75. The zero-order chi connectivity index (χ0) is 18.0. The lowest BCUT2D eigenvalue weighted by atomic mass is 10.2.